The molecule has 3 rings (SSSR count). The number of hydrogen-bond donors (Lipinski definition) is 0. The number of thiophene rings is 1. The minimum absolute atomic E-state index is 0.0210. The molecular formula is C19H9F5O3S. The third kappa shape index (κ3) is 3.53. The van der Waals surface area contributed by atoms with Gasteiger partial charge in [0.1, 0.15) is 6.61 Å². The van der Waals surface area contributed by atoms with Gasteiger partial charge in [-0.3, -0.25) is 4.79 Å². The monoisotopic (exact) mass is 412 g/mol. The third-order valence-corrected chi connectivity index (χ3v) is 4.65. The normalized spacial score (nSPS) is 10.8. The number of ketones is 1. The molecular weight excluding hydrogens is 403 g/mol. The number of hydrogen-bond acceptors (Lipinski definition) is 4. The van der Waals surface area contributed by atoms with E-state index in [9.17, 15) is 31.5 Å². The van der Waals surface area contributed by atoms with Gasteiger partial charge in [0.15, 0.2) is 23.3 Å². The topological polar surface area (TPSA) is 43.4 Å². The number of ether oxygens (including phenoxy) is 1. The van der Waals surface area contributed by atoms with E-state index in [4.69, 9.17) is 4.74 Å². The predicted molar refractivity (Wildman–Crippen MR) is 89.5 cm³/mol. The Morgan fingerprint density at radius 3 is 1.93 bits per heavy atom. The summed E-state index contributed by atoms with van der Waals surface area (Å²) in [5.74, 6) is -12.4. The van der Waals surface area contributed by atoms with Gasteiger partial charge in [0.25, 0.3) is 0 Å². The molecule has 0 aliphatic heterocycles. The van der Waals surface area contributed by atoms with Crippen LogP contribution in [0.2, 0.25) is 0 Å². The fourth-order valence-electron chi connectivity index (χ4n) is 2.39. The lowest BCUT2D eigenvalue weighted by atomic mass is 10.0. The van der Waals surface area contributed by atoms with Gasteiger partial charge in [-0.25, -0.2) is 26.7 Å². The zero-order valence-electron chi connectivity index (χ0n) is 13.8. The average Bonchev–Trinajstić information content (AvgIpc) is 3.25. The van der Waals surface area contributed by atoms with Crippen LogP contribution in [0.5, 0.6) is 0 Å². The predicted octanol–water partition coefficient (Wildman–Crippen LogP) is 5.03. The van der Waals surface area contributed by atoms with Crippen LogP contribution in [0, 0.1) is 29.1 Å². The zero-order chi connectivity index (χ0) is 20.4. The smallest absolute Gasteiger partial charge is 0.339 e. The number of carbonyl (C=O) groups is 2. The Hall–Kier alpha value is -3.07. The molecule has 0 bridgehead atoms. The fourth-order valence-corrected chi connectivity index (χ4v) is 3.07. The summed E-state index contributed by atoms with van der Waals surface area (Å²) in [5, 5.41) is 1.66. The van der Waals surface area contributed by atoms with Crippen molar-refractivity contribution in [3.8, 4) is 0 Å². The van der Waals surface area contributed by atoms with E-state index in [0.29, 0.717) is 4.88 Å². The third-order valence-electron chi connectivity index (χ3n) is 3.78. The highest BCUT2D eigenvalue weighted by atomic mass is 32.1. The Labute approximate surface area is 159 Å². The minimum Gasteiger partial charge on any atom is -0.457 e. The molecule has 1 heterocycles. The summed E-state index contributed by atoms with van der Waals surface area (Å²) in [6.07, 6.45) is 0. The van der Waals surface area contributed by atoms with Crippen molar-refractivity contribution in [3.05, 3.63) is 92.4 Å². The largest absolute Gasteiger partial charge is 0.457 e. The van der Waals surface area contributed by atoms with E-state index >= 15 is 0 Å². The molecule has 0 unspecified atom stereocenters. The second-order valence-corrected chi connectivity index (χ2v) is 6.42. The van der Waals surface area contributed by atoms with Crippen LogP contribution < -0.4 is 0 Å². The van der Waals surface area contributed by atoms with Crippen molar-refractivity contribution in [2.45, 2.75) is 6.61 Å². The van der Waals surface area contributed by atoms with Crippen LogP contribution in [-0.2, 0) is 11.3 Å². The lowest BCUT2D eigenvalue weighted by molar-refractivity contribution is 0.0459. The highest BCUT2D eigenvalue weighted by Gasteiger charge is 2.27. The first kappa shape index (κ1) is 19.7. The highest BCUT2D eigenvalue weighted by molar-refractivity contribution is 7.12. The minimum atomic E-state index is -2.31. The molecule has 0 aliphatic carbocycles. The lowest BCUT2D eigenvalue weighted by Gasteiger charge is -2.11. The molecule has 0 aliphatic rings. The highest BCUT2D eigenvalue weighted by Crippen LogP contribution is 2.24. The quantitative estimate of drug-likeness (QED) is 0.194. The molecule has 0 spiro atoms. The fraction of sp³-hybridized carbons (Fsp3) is 0.0526. The molecule has 1 aromatic heterocycles. The van der Waals surface area contributed by atoms with Crippen molar-refractivity contribution in [2.75, 3.05) is 0 Å². The van der Waals surface area contributed by atoms with Crippen LogP contribution in [0.15, 0.2) is 41.8 Å². The van der Waals surface area contributed by atoms with Crippen LogP contribution in [0.1, 0.15) is 31.2 Å². The van der Waals surface area contributed by atoms with E-state index in [2.05, 4.69) is 0 Å². The Kier molecular flexibility index (Phi) is 5.55. The van der Waals surface area contributed by atoms with E-state index in [-0.39, 0.29) is 11.1 Å². The summed E-state index contributed by atoms with van der Waals surface area (Å²) >= 11 is 1.15. The van der Waals surface area contributed by atoms with E-state index in [1.165, 1.54) is 24.3 Å². The molecule has 0 fully saturated rings. The summed E-state index contributed by atoms with van der Waals surface area (Å²) in [5.41, 5.74) is -1.51. The number of carbonyl (C=O) groups excluding carboxylic acids is 2. The van der Waals surface area contributed by atoms with Crippen molar-refractivity contribution >= 4 is 23.1 Å². The van der Waals surface area contributed by atoms with Gasteiger partial charge in [-0.2, -0.15) is 0 Å². The van der Waals surface area contributed by atoms with Gasteiger partial charge in [0.2, 0.25) is 11.6 Å². The van der Waals surface area contributed by atoms with Gasteiger partial charge in [0.05, 0.1) is 16.0 Å². The number of esters is 1. The summed E-state index contributed by atoms with van der Waals surface area (Å²) in [6.45, 7) is -1.20. The van der Waals surface area contributed by atoms with Gasteiger partial charge in [-0.15, -0.1) is 11.3 Å². The van der Waals surface area contributed by atoms with Crippen molar-refractivity contribution in [2.24, 2.45) is 0 Å². The first-order valence-corrected chi connectivity index (χ1v) is 8.55. The van der Waals surface area contributed by atoms with E-state index in [0.717, 1.165) is 11.3 Å². The van der Waals surface area contributed by atoms with Crippen LogP contribution in [0.25, 0.3) is 0 Å². The second kappa shape index (κ2) is 7.89. The Morgan fingerprint density at radius 1 is 0.786 bits per heavy atom. The molecule has 0 radical (unpaired) electrons. The first-order chi connectivity index (χ1) is 13.3. The molecule has 144 valence electrons. The molecule has 3 nitrogen and oxygen atoms in total. The zero-order valence-corrected chi connectivity index (χ0v) is 14.6. The molecule has 0 N–H and O–H groups in total. The van der Waals surface area contributed by atoms with Gasteiger partial charge in [-0.1, -0.05) is 24.3 Å². The van der Waals surface area contributed by atoms with Gasteiger partial charge >= 0.3 is 5.97 Å². The summed E-state index contributed by atoms with van der Waals surface area (Å²) in [6, 6.07) is 8.73. The van der Waals surface area contributed by atoms with Gasteiger partial charge < -0.3 is 4.74 Å². The maximum Gasteiger partial charge on any atom is 0.339 e. The summed E-state index contributed by atoms with van der Waals surface area (Å²) in [4.78, 5) is 25.1. The molecule has 0 atom stereocenters. The molecule has 9 heteroatoms. The van der Waals surface area contributed by atoms with Crippen LogP contribution in [0.3, 0.4) is 0 Å². The van der Waals surface area contributed by atoms with E-state index in [1.54, 1.807) is 17.5 Å². The Balaban J connectivity index is 1.87. The lowest BCUT2D eigenvalue weighted by Crippen LogP contribution is -2.14. The first-order valence-electron chi connectivity index (χ1n) is 7.67. The van der Waals surface area contributed by atoms with Crippen LogP contribution in [-0.4, -0.2) is 11.8 Å². The van der Waals surface area contributed by atoms with Gasteiger partial charge in [0, 0.05) is 5.56 Å². The number of halogens is 5. The molecule has 0 saturated heterocycles. The van der Waals surface area contributed by atoms with Gasteiger partial charge in [-0.05, 0) is 17.5 Å². The van der Waals surface area contributed by atoms with Crippen molar-refractivity contribution in [1.29, 1.82) is 0 Å². The Bertz CT molecular complexity index is 1030. The Morgan fingerprint density at radius 2 is 1.36 bits per heavy atom. The molecule has 3 aromatic rings. The standard InChI is InChI=1S/C19H9F5O3S/c20-13-11(14(21)16(23)17(24)15(13)22)8-27-19(26)10-5-2-1-4-9(10)18(25)12-6-3-7-28-12/h1-7H,8H2. The SMILES string of the molecule is O=C(OCc1c(F)c(F)c(F)c(F)c1F)c1ccccc1C(=O)c1cccs1. The van der Waals surface area contributed by atoms with Crippen LogP contribution in [0.4, 0.5) is 22.0 Å². The molecule has 0 saturated carbocycles. The molecule has 0 amide bonds. The number of benzene rings is 2. The average molecular weight is 412 g/mol. The van der Waals surface area contributed by atoms with E-state index < -0.39 is 53.0 Å². The van der Waals surface area contributed by atoms with E-state index in [1.807, 2.05) is 0 Å². The molecule has 2 aromatic carbocycles. The van der Waals surface area contributed by atoms with Crippen molar-refractivity contribution < 1.29 is 36.3 Å². The van der Waals surface area contributed by atoms with Crippen LogP contribution >= 0.6 is 11.3 Å². The maximum absolute atomic E-state index is 13.7. The summed E-state index contributed by atoms with van der Waals surface area (Å²) < 4.78 is 71.6. The maximum atomic E-state index is 13.7. The second-order valence-electron chi connectivity index (χ2n) is 5.48. The van der Waals surface area contributed by atoms with Crippen molar-refractivity contribution in [1.82, 2.24) is 0 Å². The number of rotatable bonds is 5. The van der Waals surface area contributed by atoms with Crippen molar-refractivity contribution in [3.63, 3.8) is 0 Å². The summed E-state index contributed by atoms with van der Waals surface area (Å²) in [7, 11) is 0. The molecule has 28 heavy (non-hydrogen) atoms.